The normalized spacial score (nSPS) is 17.0. The van der Waals surface area contributed by atoms with Crippen molar-refractivity contribution >= 4 is 11.6 Å². The van der Waals surface area contributed by atoms with Crippen LogP contribution in [0.5, 0.6) is 11.5 Å². The average molecular weight is 411 g/mol. The molecular formula is C24H34N4O2. The fraction of sp³-hybridized carbons (Fsp3) is 0.583. The summed E-state index contributed by atoms with van der Waals surface area (Å²) in [7, 11) is 3.38. The zero-order chi connectivity index (χ0) is 21.1. The van der Waals surface area contributed by atoms with E-state index in [0.29, 0.717) is 12.0 Å². The van der Waals surface area contributed by atoms with Crippen LogP contribution in [0.2, 0.25) is 0 Å². The van der Waals surface area contributed by atoms with Crippen LogP contribution in [0, 0.1) is 0 Å². The summed E-state index contributed by atoms with van der Waals surface area (Å²) >= 11 is 0. The number of methoxy groups -OCH3 is 2. The molecule has 0 bridgehead atoms. The van der Waals surface area contributed by atoms with E-state index in [1.54, 1.807) is 14.2 Å². The summed E-state index contributed by atoms with van der Waals surface area (Å²) in [5.41, 5.74) is 2.59. The summed E-state index contributed by atoms with van der Waals surface area (Å²) in [6, 6.07) is 6.87. The molecule has 30 heavy (non-hydrogen) atoms. The Morgan fingerprint density at radius 2 is 1.67 bits per heavy atom. The van der Waals surface area contributed by atoms with Crippen LogP contribution in [0.3, 0.4) is 0 Å². The fourth-order valence-electron chi connectivity index (χ4n) is 4.48. The summed E-state index contributed by atoms with van der Waals surface area (Å²) < 4.78 is 11.0. The second-order valence-corrected chi connectivity index (χ2v) is 8.75. The SMILES string of the molecule is COc1cc2c(cc1OC)CN(c1cc(NC3CCCCC3)nc(C(C)C)n1)CC2. The summed E-state index contributed by atoms with van der Waals surface area (Å²) in [4.78, 5) is 12.1. The quantitative estimate of drug-likeness (QED) is 0.729. The van der Waals surface area contributed by atoms with Crippen molar-refractivity contribution in [3.63, 3.8) is 0 Å². The number of rotatable bonds is 6. The molecule has 0 atom stereocenters. The van der Waals surface area contributed by atoms with Crippen molar-refractivity contribution in [2.45, 2.75) is 70.9 Å². The van der Waals surface area contributed by atoms with Gasteiger partial charge in [0.05, 0.1) is 14.2 Å². The number of nitrogens with zero attached hydrogens (tertiary/aromatic N) is 3. The van der Waals surface area contributed by atoms with Gasteiger partial charge in [0.15, 0.2) is 11.5 Å². The molecule has 4 rings (SSSR count). The smallest absolute Gasteiger partial charge is 0.161 e. The van der Waals surface area contributed by atoms with Crippen LogP contribution < -0.4 is 19.7 Å². The Morgan fingerprint density at radius 1 is 0.967 bits per heavy atom. The standard InChI is InChI=1S/C24H34N4O2/c1-16(2)24-26-22(25-19-8-6-5-7-9-19)14-23(27-24)28-11-10-17-12-20(29-3)21(30-4)13-18(17)15-28/h12-14,16,19H,5-11,15H2,1-4H3,(H,25,26,27). The predicted octanol–water partition coefficient (Wildman–Crippen LogP) is 4.92. The van der Waals surface area contributed by atoms with Crippen LogP contribution in [0.4, 0.5) is 11.6 Å². The van der Waals surface area contributed by atoms with Gasteiger partial charge in [-0.15, -0.1) is 0 Å². The van der Waals surface area contributed by atoms with Crippen molar-refractivity contribution in [2.75, 3.05) is 31.0 Å². The number of benzene rings is 1. The van der Waals surface area contributed by atoms with E-state index in [4.69, 9.17) is 19.4 Å². The Hall–Kier alpha value is -2.50. The van der Waals surface area contributed by atoms with Gasteiger partial charge in [-0.3, -0.25) is 0 Å². The molecule has 2 aliphatic rings. The van der Waals surface area contributed by atoms with Crippen molar-refractivity contribution in [1.29, 1.82) is 0 Å². The topological polar surface area (TPSA) is 59.5 Å². The van der Waals surface area contributed by atoms with Gasteiger partial charge >= 0.3 is 0 Å². The van der Waals surface area contributed by atoms with E-state index in [0.717, 1.165) is 48.5 Å². The third-order valence-corrected chi connectivity index (χ3v) is 6.25. The van der Waals surface area contributed by atoms with Gasteiger partial charge in [0.1, 0.15) is 17.5 Å². The second kappa shape index (κ2) is 9.11. The molecule has 2 aromatic rings. The van der Waals surface area contributed by atoms with E-state index in [9.17, 15) is 0 Å². The van der Waals surface area contributed by atoms with E-state index in [-0.39, 0.29) is 0 Å². The number of anilines is 2. The highest BCUT2D eigenvalue weighted by Gasteiger charge is 2.22. The lowest BCUT2D eigenvalue weighted by molar-refractivity contribution is 0.353. The minimum absolute atomic E-state index is 0.290. The van der Waals surface area contributed by atoms with Gasteiger partial charge in [0.25, 0.3) is 0 Å². The predicted molar refractivity (Wildman–Crippen MR) is 121 cm³/mol. The van der Waals surface area contributed by atoms with Gasteiger partial charge in [-0.25, -0.2) is 9.97 Å². The van der Waals surface area contributed by atoms with E-state index >= 15 is 0 Å². The zero-order valence-electron chi connectivity index (χ0n) is 18.7. The number of hydrogen-bond donors (Lipinski definition) is 1. The molecule has 1 aliphatic carbocycles. The monoisotopic (exact) mass is 410 g/mol. The van der Waals surface area contributed by atoms with Crippen molar-refractivity contribution in [2.24, 2.45) is 0 Å². The van der Waals surface area contributed by atoms with E-state index in [1.165, 1.54) is 43.2 Å². The van der Waals surface area contributed by atoms with Gasteiger partial charge in [0, 0.05) is 31.1 Å². The Balaban J connectivity index is 1.60. The second-order valence-electron chi connectivity index (χ2n) is 8.75. The van der Waals surface area contributed by atoms with Gasteiger partial charge in [-0.05, 0) is 42.5 Å². The Kier molecular flexibility index (Phi) is 6.30. The van der Waals surface area contributed by atoms with E-state index in [1.807, 2.05) is 0 Å². The summed E-state index contributed by atoms with van der Waals surface area (Å²) in [6.07, 6.45) is 7.39. The molecular weight excluding hydrogens is 376 g/mol. The highest BCUT2D eigenvalue weighted by Crippen LogP contribution is 2.34. The Labute approximate surface area is 180 Å². The minimum Gasteiger partial charge on any atom is -0.493 e. The molecule has 1 fully saturated rings. The average Bonchev–Trinajstić information content (AvgIpc) is 2.78. The summed E-state index contributed by atoms with van der Waals surface area (Å²) in [5.74, 6) is 4.75. The molecule has 6 heteroatoms. The van der Waals surface area contributed by atoms with Crippen LogP contribution in [0.1, 0.15) is 68.8 Å². The van der Waals surface area contributed by atoms with E-state index < -0.39 is 0 Å². The molecule has 0 spiro atoms. The highest BCUT2D eigenvalue weighted by atomic mass is 16.5. The number of nitrogens with one attached hydrogen (secondary N) is 1. The molecule has 0 radical (unpaired) electrons. The largest absolute Gasteiger partial charge is 0.493 e. The van der Waals surface area contributed by atoms with Gasteiger partial charge in [-0.1, -0.05) is 33.1 Å². The maximum Gasteiger partial charge on any atom is 0.161 e. The Bertz CT molecular complexity index is 878. The van der Waals surface area contributed by atoms with Gasteiger partial charge in [-0.2, -0.15) is 0 Å². The van der Waals surface area contributed by atoms with Crippen LogP contribution in [0.25, 0.3) is 0 Å². The fourth-order valence-corrected chi connectivity index (χ4v) is 4.48. The third kappa shape index (κ3) is 4.47. The summed E-state index contributed by atoms with van der Waals surface area (Å²) in [6.45, 7) is 6.06. The van der Waals surface area contributed by atoms with Crippen LogP contribution in [0.15, 0.2) is 18.2 Å². The first-order valence-corrected chi connectivity index (χ1v) is 11.2. The molecule has 1 aliphatic heterocycles. The molecule has 162 valence electrons. The summed E-state index contributed by atoms with van der Waals surface area (Å²) in [5, 5.41) is 3.69. The molecule has 0 unspecified atom stereocenters. The first-order valence-electron chi connectivity index (χ1n) is 11.2. The van der Waals surface area contributed by atoms with Crippen molar-refractivity contribution in [1.82, 2.24) is 9.97 Å². The molecule has 0 saturated heterocycles. The lowest BCUT2D eigenvalue weighted by Gasteiger charge is -2.31. The molecule has 0 amide bonds. The molecule has 1 saturated carbocycles. The first-order chi connectivity index (χ1) is 14.6. The number of fused-ring (bicyclic) bond motifs is 1. The number of hydrogen-bond acceptors (Lipinski definition) is 6. The molecule has 6 nitrogen and oxygen atoms in total. The Morgan fingerprint density at radius 3 is 2.33 bits per heavy atom. The first kappa shape index (κ1) is 20.8. The van der Waals surface area contributed by atoms with Gasteiger partial charge in [0.2, 0.25) is 0 Å². The van der Waals surface area contributed by atoms with Crippen molar-refractivity contribution in [3.8, 4) is 11.5 Å². The molecule has 1 aromatic heterocycles. The molecule has 2 heterocycles. The highest BCUT2D eigenvalue weighted by molar-refractivity contribution is 5.55. The lowest BCUT2D eigenvalue weighted by atomic mass is 9.95. The van der Waals surface area contributed by atoms with Crippen LogP contribution in [-0.4, -0.2) is 36.8 Å². The molecule has 1 N–H and O–H groups in total. The van der Waals surface area contributed by atoms with Crippen LogP contribution >= 0.6 is 0 Å². The maximum absolute atomic E-state index is 5.52. The zero-order valence-corrected chi connectivity index (χ0v) is 18.7. The number of aromatic nitrogens is 2. The van der Waals surface area contributed by atoms with E-state index in [2.05, 4.69) is 42.3 Å². The van der Waals surface area contributed by atoms with Crippen molar-refractivity contribution in [3.05, 3.63) is 35.2 Å². The van der Waals surface area contributed by atoms with Crippen molar-refractivity contribution < 1.29 is 9.47 Å². The number of ether oxygens (including phenoxy) is 2. The van der Waals surface area contributed by atoms with Gasteiger partial charge < -0.3 is 19.7 Å². The maximum atomic E-state index is 5.52. The minimum atomic E-state index is 0.290. The lowest BCUT2D eigenvalue weighted by Crippen LogP contribution is -2.32. The van der Waals surface area contributed by atoms with Crippen LogP contribution in [-0.2, 0) is 13.0 Å². The molecule has 1 aromatic carbocycles. The third-order valence-electron chi connectivity index (χ3n) is 6.25.